The van der Waals surface area contributed by atoms with Gasteiger partial charge in [0.15, 0.2) is 0 Å². The van der Waals surface area contributed by atoms with Crippen molar-refractivity contribution in [3.05, 3.63) is 52.7 Å². The van der Waals surface area contributed by atoms with E-state index in [4.69, 9.17) is 4.52 Å². The maximum absolute atomic E-state index is 12.5. The molecule has 10 heteroatoms. The molecule has 0 aliphatic rings. The molecule has 0 atom stereocenters. The lowest BCUT2D eigenvalue weighted by atomic mass is 10.1. The third-order valence-corrected chi connectivity index (χ3v) is 7.05. The van der Waals surface area contributed by atoms with Crippen LogP contribution in [0.3, 0.4) is 0 Å². The minimum absolute atomic E-state index is 0.120. The van der Waals surface area contributed by atoms with E-state index in [1.165, 1.54) is 26.8 Å². The number of aryl methyl sites for hydroxylation is 1. The van der Waals surface area contributed by atoms with Crippen LogP contribution in [0.2, 0.25) is 0 Å². The van der Waals surface area contributed by atoms with Gasteiger partial charge in [0.1, 0.15) is 0 Å². The van der Waals surface area contributed by atoms with E-state index in [1.54, 1.807) is 13.1 Å². The first-order valence-corrected chi connectivity index (χ1v) is 12.5. The summed E-state index contributed by atoms with van der Waals surface area (Å²) in [5.41, 5.74) is 2.58. The highest BCUT2D eigenvalue weighted by molar-refractivity contribution is 7.92. The Labute approximate surface area is 186 Å². The molecular weight excluding hydrogens is 436 g/mol. The standard InChI is InChI=1S/C21H26N4O4S2/c1-15-8-5-9-17(16(15)2)25(31(4,27)28)12-6-11-20(26)24(3)14-19-22-21(23-29-19)18-10-7-13-30-18/h5,7-10,13H,6,11-12,14H2,1-4H3. The number of rotatable bonds is 9. The SMILES string of the molecule is Cc1cccc(N(CCCC(=O)N(C)Cc2nc(-c3cccs3)no2)S(C)(=O)=O)c1C. The zero-order valence-electron chi connectivity index (χ0n) is 18.0. The molecule has 31 heavy (non-hydrogen) atoms. The number of amides is 1. The molecule has 0 spiro atoms. The molecule has 2 heterocycles. The van der Waals surface area contributed by atoms with E-state index in [9.17, 15) is 13.2 Å². The molecule has 0 bridgehead atoms. The zero-order chi connectivity index (χ0) is 22.6. The Morgan fingerprint density at radius 3 is 2.65 bits per heavy atom. The van der Waals surface area contributed by atoms with E-state index in [2.05, 4.69) is 10.1 Å². The van der Waals surface area contributed by atoms with Gasteiger partial charge in [-0.1, -0.05) is 23.4 Å². The van der Waals surface area contributed by atoms with Gasteiger partial charge in [0.25, 0.3) is 0 Å². The van der Waals surface area contributed by atoms with Crippen molar-refractivity contribution < 1.29 is 17.7 Å². The largest absolute Gasteiger partial charge is 0.337 e. The summed E-state index contributed by atoms with van der Waals surface area (Å²) in [6.07, 6.45) is 1.79. The quantitative estimate of drug-likeness (QED) is 0.482. The molecule has 0 saturated heterocycles. The molecule has 0 unspecified atom stereocenters. The van der Waals surface area contributed by atoms with E-state index in [0.29, 0.717) is 23.8 Å². The number of carbonyl (C=O) groups excluding carboxylic acids is 1. The van der Waals surface area contributed by atoms with Crippen molar-refractivity contribution in [1.82, 2.24) is 15.0 Å². The van der Waals surface area contributed by atoms with Gasteiger partial charge in [0, 0.05) is 20.0 Å². The van der Waals surface area contributed by atoms with E-state index < -0.39 is 10.0 Å². The van der Waals surface area contributed by atoms with Crippen LogP contribution in [0.1, 0.15) is 29.9 Å². The third-order valence-electron chi connectivity index (χ3n) is 5.00. The van der Waals surface area contributed by atoms with Gasteiger partial charge in [-0.25, -0.2) is 8.42 Å². The molecule has 8 nitrogen and oxygen atoms in total. The van der Waals surface area contributed by atoms with Crippen molar-refractivity contribution in [2.75, 3.05) is 24.2 Å². The molecular formula is C21H26N4O4S2. The first kappa shape index (κ1) is 23.0. The lowest BCUT2D eigenvalue weighted by Gasteiger charge is -2.25. The Kier molecular flexibility index (Phi) is 7.11. The first-order chi connectivity index (χ1) is 14.7. The second-order valence-corrected chi connectivity index (χ2v) is 10.3. The fraction of sp³-hybridized carbons (Fsp3) is 0.381. The predicted molar refractivity (Wildman–Crippen MR) is 121 cm³/mol. The number of aromatic nitrogens is 2. The molecule has 3 aromatic rings. The van der Waals surface area contributed by atoms with Crippen molar-refractivity contribution in [2.24, 2.45) is 0 Å². The highest BCUT2D eigenvalue weighted by atomic mass is 32.2. The monoisotopic (exact) mass is 462 g/mol. The van der Waals surface area contributed by atoms with Crippen LogP contribution in [0.15, 0.2) is 40.2 Å². The maximum atomic E-state index is 12.5. The van der Waals surface area contributed by atoms with E-state index >= 15 is 0 Å². The molecule has 0 N–H and O–H groups in total. The number of thiophene rings is 1. The second-order valence-electron chi connectivity index (χ2n) is 7.40. The predicted octanol–water partition coefficient (Wildman–Crippen LogP) is 3.62. The molecule has 0 saturated carbocycles. The van der Waals surface area contributed by atoms with Crippen LogP contribution in [-0.2, 0) is 21.4 Å². The van der Waals surface area contributed by atoms with Crippen LogP contribution in [0.5, 0.6) is 0 Å². The molecule has 0 fully saturated rings. The Morgan fingerprint density at radius 2 is 1.97 bits per heavy atom. The van der Waals surface area contributed by atoms with Gasteiger partial charge in [-0.3, -0.25) is 9.10 Å². The van der Waals surface area contributed by atoms with Crippen LogP contribution in [0.4, 0.5) is 5.69 Å². The number of carbonyl (C=O) groups is 1. The molecule has 0 aliphatic carbocycles. The van der Waals surface area contributed by atoms with Crippen molar-refractivity contribution in [3.8, 4) is 10.7 Å². The Hall–Kier alpha value is -2.72. The lowest BCUT2D eigenvalue weighted by Crippen LogP contribution is -2.33. The minimum atomic E-state index is -3.47. The Balaban J connectivity index is 1.58. The summed E-state index contributed by atoms with van der Waals surface area (Å²) < 4.78 is 31.3. The Bertz CT molecular complexity index is 1140. The highest BCUT2D eigenvalue weighted by Gasteiger charge is 2.21. The maximum Gasteiger partial charge on any atom is 0.246 e. The van der Waals surface area contributed by atoms with E-state index in [-0.39, 0.29) is 25.4 Å². The van der Waals surface area contributed by atoms with Gasteiger partial charge in [-0.2, -0.15) is 4.98 Å². The number of anilines is 1. The molecule has 0 radical (unpaired) electrons. The summed E-state index contributed by atoms with van der Waals surface area (Å²) >= 11 is 1.51. The minimum Gasteiger partial charge on any atom is -0.337 e. The van der Waals surface area contributed by atoms with Gasteiger partial charge in [0.05, 0.1) is 23.4 Å². The smallest absolute Gasteiger partial charge is 0.246 e. The van der Waals surface area contributed by atoms with Gasteiger partial charge in [-0.15, -0.1) is 11.3 Å². The van der Waals surface area contributed by atoms with Crippen molar-refractivity contribution in [2.45, 2.75) is 33.2 Å². The number of benzene rings is 1. The summed E-state index contributed by atoms with van der Waals surface area (Å²) in [4.78, 5) is 19.3. The third kappa shape index (κ3) is 5.71. The molecule has 1 aromatic carbocycles. The molecule has 2 aromatic heterocycles. The normalized spacial score (nSPS) is 11.5. The van der Waals surface area contributed by atoms with Gasteiger partial charge < -0.3 is 9.42 Å². The molecule has 0 aliphatic heterocycles. The zero-order valence-corrected chi connectivity index (χ0v) is 19.7. The average Bonchev–Trinajstić information content (AvgIpc) is 3.38. The summed E-state index contributed by atoms with van der Waals surface area (Å²) in [5, 5.41) is 5.87. The summed E-state index contributed by atoms with van der Waals surface area (Å²) in [6, 6.07) is 9.38. The van der Waals surface area contributed by atoms with Crippen LogP contribution < -0.4 is 4.31 Å². The van der Waals surface area contributed by atoms with Crippen molar-refractivity contribution in [3.63, 3.8) is 0 Å². The van der Waals surface area contributed by atoms with E-state index in [0.717, 1.165) is 16.0 Å². The van der Waals surface area contributed by atoms with Crippen LogP contribution in [0, 0.1) is 13.8 Å². The highest BCUT2D eigenvalue weighted by Crippen LogP contribution is 2.25. The fourth-order valence-electron chi connectivity index (χ4n) is 3.15. The summed E-state index contributed by atoms with van der Waals surface area (Å²) in [5.74, 6) is 0.737. The van der Waals surface area contributed by atoms with E-state index in [1.807, 2.05) is 43.5 Å². The van der Waals surface area contributed by atoms with Gasteiger partial charge in [-0.05, 0) is 48.9 Å². The molecule has 1 amide bonds. The van der Waals surface area contributed by atoms with Gasteiger partial charge >= 0.3 is 0 Å². The number of hydrogen-bond acceptors (Lipinski definition) is 7. The van der Waals surface area contributed by atoms with Crippen LogP contribution >= 0.6 is 11.3 Å². The topological polar surface area (TPSA) is 96.6 Å². The average molecular weight is 463 g/mol. The van der Waals surface area contributed by atoms with Crippen LogP contribution in [0.25, 0.3) is 10.7 Å². The molecule has 166 valence electrons. The lowest BCUT2D eigenvalue weighted by molar-refractivity contribution is -0.130. The van der Waals surface area contributed by atoms with Crippen molar-refractivity contribution in [1.29, 1.82) is 0 Å². The molecule has 3 rings (SSSR count). The summed E-state index contributed by atoms with van der Waals surface area (Å²) in [6.45, 7) is 4.27. The first-order valence-electron chi connectivity index (χ1n) is 9.81. The second kappa shape index (κ2) is 9.61. The Morgan fingerprint density at radius 1 is 1.19 bits per heavy atom. The number of sulfonamides is 1. The summed E-state index contributed by atoms with van der Waals surface area (Å²) in [7, 11) is -1.80. The van der Waals surface area contributed by atoms with Crippen molar-refractivity contribution >= 4 is 33.0 Å². The number of hydrogen-bond donors (Lipinski definition) is 0. The van der Waals surface area contributed by atoms with Gasteiger partial charge in [0.2, 0.25) is 27.6 Å². The number of nitrogens with zero attached hydrogens (tertiary/aromatic N) is 4. The van der Waals surface area contributed by atoms with Crippen LogP contribution in [-0.4, -0.2) is 49.2 Å². The fourth-order valence-corrected chi connectivity index (χ4v) is 4.82.